The van der Waals surface area contributed by atoms with E-state index in [1.807, 2.05) is 6.07 Å². The summed E-state index contributed by atoms with van der Waals surface area (Å²) in [6.07, 6.45) is 0.0660. The second-order valence-corrected chi connectivity index (χ2v) is 5.02. The summed E-state index contributed by atoms with van der Waals surface area (Å²) < 4.78 is 18.0. The van der Waals surface area contributed by atoms with Gasteiger partial charge in [0, 0.05) is 12.2 Å². The molecular formula is C18H15FN2O4. The van der Waals surface area contributed by atoms with Crippen LogP contribution in [0.25, 0.3) is 0 Å². The van der Waals surface area contributed by atoms with Crippen LogP contribution in [0, 0.1) is 17.1 Å². The summed E-state index contributed by atoms with van der Waals surface area (Å²) in [6, 6.07) is 12.9. The highest BCUT2D eigenvalue weighted by Crippen LogP contribution is 2.18. The number of phenols is 1. The molecule has 2 aromatic carbocycles. The Morgan fingerprint density at radius 3 is 2.48 bits per heavy atom. The van der Waals surface area contributed by atoms with Crippen LogP contribution in [0.15, 0.2) is 48.5 Å². The predicted molar refractivity (Wildman–Crippen MR) is 87.4 cm³/mol. The fourth-order valence-electron chi connectivity index (χ4n) is 2.11. The van der Waals surface area contributed by atoms with E-state index in [1.165, 1.54) is 41.3 Å². The molecule has 0 aliphatic carbocycles. The molecule has 0 aromatic heterocycles. The molecule has 0 fully saturated rings. The Bertz CT molecular complexity index is 799. The summed E-state index contributed by atoms with van der Waals surface area (Å²) in [7, 11) is 0. The second-order valence-electron chi connectivity index (χ2n) is 5.02. The molecule has 2 rings (SSSR count). The first-order valence-corrected chi connectivity index (χ1v) is 7.41. The molecule has 1 amide bonds. The summed E-state index contributed by atoms with van der Waals surface area (Å²) in [5.74, 6) is -2.11. The topological polar surface area (TPSA) is 90.6 Å². The molecule has 0 bridgehead atoms. The van der Waals surface area contributed by atoms with Gasteiger partial charge in [0.2, 0.25) is 0 Å². The molecule has 25 heavy (non-hydrogen) atoms. The number of para-hydroxylation sites is 1. The Labute approximate surface area is 143 Å². The van der Waals surface area contributed by atoms with Crippen molar-refractivity contribution in [3.8, 4) is 11.8 Å². The lowest BCUT2D eigenvalue weighted by Gasteiger charge is -2.21. The van der Waals surface area contributed by atoms with Crippen LogP contribution in [0.3, 0.4) is 0 Å². The zero-order valence-electron chi connectivity index (χ0n) is 13.2. The number of carbonyl (C=O) groups is 2. The molecule has 0 atom stereocenters. The molecule has 0 spiro atoms. The number of nitriles is 1. The van der Waals surface area contributed by atoms with Crippen molar-refractivity contribution in [3.05, 3.63) is 59.9 Å². The van der Waals surface area contributed by atoms with Crippen LogP contribution in [0.1, 0.15) is 16.8 Å². The third kappa shape index (κ3) is 4.78. The Balaban J connectivity index is 2.07. The van der Waals surface area contributed by atoms with E-state index in [2.05, 4.69) is 0 Å². The van der Waals surface area contributed by atoms with E-state index in [4.69, 9.17) is 10.00 Å². The number of halogens is 1. The highest BCUT2D eigenvalue weighted by molar-refractivity contribution is 5.98. The largest absolute Gasteiger partial charge is 0.507 e. The van der Waals surface area contributed by atoms with Crippen LogP contribution in [0.4, 0.5) is 10.1 Å². The summed E-state index contributed by atoms with van der Waals surface area (Å²) in [6.45, 7) is -0.495. The molecular weight excluding hydrogens is 327 g/mol. The molecule has 0 saturated heterocycles. The average molecular weight is 342 g/mol. The highest BCUT2D eigenvalue weighted by Gasteiger charge is 2.19. The number of amides is 1. The number of ether oxygens (including phenoxy) is 1. The van der Waals surface area contributed by atoms with E-state index in [1.54, 1.807) is 12.1 Å². The number of hydrogen-bond acceptors (Lipinski definition) is 5. The number of esters is 1. The molecule has 0 aliphatic heterocycles. The van der Waals surface area contributed by atoms with Crippen LogP contribution in [-0.2, 0) is 9.53 Å². The first kappa shape index (κ1) is 17.9. The average Bonchev–Trinajstić information content (AvgIpc) is 2.61. The van der Waals surface area contributed by atoms with Gasteiger partial charge in [0.15, 0.2) is 6.61 Å². The van der Waals surface area contributed by atoms with Gasteiger partial charge in [-0.15, -0.1) is 0 Å². The van der Waals surface area contributed by atoms with Gasteiger partial charge in [-0.3, -0.25) is 4.79 Å². The molecule has 0 aliphatic rings. The van der Waals surface area contributed by atoms with Crippen molar-refractivity contribution in [1.82, 2.24) is 0 Å². The molecule has 7 heteroatoms. The van der Waals surface area contributed by atoms with Gasteiger partial charge >= 0.3 is 5.97 Å². The number of aromatic hydroxyl groups is 1. The summed E-state index contributed by atoms with van der Waals surface area (Å²) in [4.78, 5) is 25.5. The van der Waals surface area contributed by atoms with Crippen LogP contribution >= 0.6 is 0 Å². The zero-order chi connectivity index (χ0) is 18.2. The molecule has 128 valence electrons. The molecule has 0 heterocycles. The summed E-state index contributed by atoms with van der Waals surface area (Å²) in [5, 5.41) is 18.3. The van der Waals surface area contributed by atoms with Crippen LogP contribution < -0.4 is 4.90 Å². The van der Waals surface area contributed by atoms with E-state index in [0.717, 1.165) is 0 Å². The first-order chi connectivity index (χ1) is 12.0. The highest BCUT2D eigenvalue weighted by atomic mass is 19.1. The number of benzene rings is 2. The predicted octanol–water partition coefficient (Wildman–Crippen LogP) is 2.63. The Morgan fingerprint density at radius 2 is 1.84 bits per heavy atom. The van der Waals surface area contributed by atoms with Crippen molar-refractivity contribution in [2.45, 2.75) is 6.42 Å². The maximum Gasteiger partial charge on any atom is 0.342 e. The quantitative estimate of drug-likeness (QED) is 0.815. The number of hydrogen-bond donors (Lipinski definition) is 1. The second kappa shape index (κ2) is 8.45. The summed E-state index contributed by atoms with van der Waals surface area (Å²) in [5.41, 5.74) is 0.334. The Morgan fingerprint density at radius 1 is 1.16 bits per heavy atom. The van der Waals surface area contributed by atoms with Gasteiger partial charge in [-0.2, -0.15) is 5.26 Å². The third-order valence-corrected chi connectivity index (χ3v) is 3.34. The lowest BCUT2D eigenvalue weighted by Crippen LogP contribution is -2.35. The van der Waals surface area contributed by atoms with Gasteiger partial charge in [-0.1, -0.05) is 12.1 Å². The van der Waals surface area contributed by atoms with Crippen molar-refractivity contribution in [2.75, 3.05) is 18.1 Å². The van der Waals surface area contributed by atoms with Gasteiger partial charge in [-0.25, -0.2) is 9.18 Å². The van der Waals surface area contributed by atoms with E-state index < -0.39 is 24.3 Å². The first-order valence-electron chi connectivity index (χ1n) is 7.41. The van der Waals surface area contributed by atoms with Crippen LogP contribution in [0.2, 0.25) is 0 Å². The minimum atomic E-state index is -0.842. The fraction of sp³-hybridized carbons (Fsp3) is 0.167. The maximum atomic E-state index is 13.0. The van der Waals surface area contributed by atoms with Crippen LogP contribution in [-0.4, -0.2) is 30.1 Å². The van der Waals surface area contributed by atoms with Crippen molar-refractivity contribution in [3.63, 3.8) is 0 Å². The Hall–Kier alpha value is -3.40. The number of anilines is 1. The van der Waals surface area contributed by atoms with Crippen molar-refractivity contribution >= 4 is 17.6 Å². The zero-order valence-corrected chi connectivity index (χ0v) is 13.2. The molecule has 2 aromatic rings. The van der Waals surface area contributed by atoms with Gasteiger partial charge in [0.25, 0.3) is 5.91 Å². The molecule has 0 radical (unpaired) electrons. The smallest absolute Gasteiger partial charge is 0.342 e. The van der Waals surface area contributed by atoms with E-state index in [-0.39, 0.29) is 24.3 Å². The summed E-state index contributed by atoms with van der Waals surface area (Å²) >= 11 is 0. The minimum absolute atomic E-state index is 0.0549. The number of carbonyl (C=O) groups excluding carboxylic acids is 2. The molecule has 1 N–H and O–H groups in total. The lowest BCUT2D eigenvalue weighted by atomic mass is 10.2. The standard InChI is InChI=1S/C18H15FN2O4/c19-13-6-8-14(9-7-13)21(11-3-10-20)17(23)12-25-18(24)15-4-1-2-5-16(15)22/h1-2,4-9,22H,3,11-12H2. The fourth-order valence-corrected chi connectivity index (χ4v) is 2.11. The molecule has 6 nitrogen and oxygen atoms in total. The minimum Gasteiger partial charge on any atom is -0.507 e. The normalized spacial score (nSPS) is 9.92. The molecule has 0 saturated carbocycles. The SMILES string of the molecule is N#CCCN(C(=O)COC(=O)c1ccccc1O)c1ccc(F)cc1. The third-order valence-electron chi connectivity index (χ3n) is 3.34. The van der Waals surface area contributed by atoms with E-state index >= 15 is 0 Å². The van der Waals surface area contributed by atoms with Crippen LogP contribution in [0.5, 0.6) is 5.75 Å². The number of nitrogens with zero attached hydrogens (tertiary/aromatic N) is 2. The number of phenolic OH excluding ortho intramolecular Hbond substituents is 1. The monoisotopic (exact) mass is 342 g/mol. The maximum absolute atomic E-state index is 13.0. The van der Waals surface area contributed by atoms with Gasteiger partial charge < -0.3 is 14.7 Å². The number of rotatable bonds is 6. The van der Waals surface area contributed by atoms with Gasteiger partial charge in [0.1, 0.15) is 17.1 Å². The Kier molecular flexibility index (Phi) is 6.07. The van der Waals surface area contributed by atoms with Crippen molar-refractivity contribution in [2.24, 2.45) is 0 Å². The van der Waals surface area contributed by atoms with E-state index in [9.17, 15) is 19.1 Å². The van der Waals surface area contributed by atoms with E-state index in [0.29, 0.717) is 5.69 Å². The van der Waals surface area contributed by atoms with Gasteiger partial charge in [-0.05, 0) is 36.4 Å². The van der Waals surface area contributed by atoms with Crippen molar-refractivity contribution < 1.29 is 23.8 Å². The lowest BCUT2D eigenvalue weighted by molar-refractivity contribution is -0.121. The molecule has 0 unspecified atom stereocenters. The van der Waals surface area contributed by atoms with Crippen molar-refractivity contribution in [1.29, 1.82) is 5.26 Å². The van der Waals surface area contributed by atoms with Gasteiger partial charge in [0.05, 0.1) is 12.5 Å².